The maximum Gasteiger partial charge on any atom is 0.258 e. The normalized spacial score (nSPS) is 9.50. The lowest BCUT2D eigenvalue weighted by molar-refractivity contribution is 0.102. The van der Waals surface area contributed by atoms with Crippen LogP contribution in [0.5, 0.6) is 0 Å². The van der Waals surface area contributed by atoms with E-state index in [2.05, 4.69) is 27.1 Å². The molecule has 0 unspecified atom stereocenters. The van der Waals surface area contributed by atoms with E-state index in [0.717, 1.165) is 6.07 Å². The second-order valence-corrected chi connectivity index (χ2v) is 3.74. The second kappa shape index (κ2) is 6.41. The first-order valence-corrected chi connectivity index (χ1v) is 5.76. The van der Waals surface area contributed by atoms with Crippen LogP contribution in [0.1, 0.15) is 15.9 Å². The first-order valence-electron chi connectivity index (χ1n) is 5.76. The molecule has 0 radical (unpaired) electrons. The zero-order valence-corrected chi connectivity index (χ0v) is 10.4. The van der Waals surface area contributed by atoms with Gasteiger partial charge in [-0.1, -0.05) is 11.8 Å². The number of amides is 1. The number of carbonyl (C=O) groups is 1. The fourth-order valence-corrected chi connectivity index (χ4v) is 1.51. The maximum atomic E-state index is 13.3. The summed E-state index contributed by atoms with van der Waals surface area (Å²) in [7, 11) is 0. The number of aromatic nitrogens is 2. The molecule has 2 rings (SSSR count). The molecule has 0 saturated carbocycles. The Hall–Kier alpha value is -2.78. The summed E-state index contributed by atoms with van der Waals surface area (Å²) >= 11 is 0. The van der Waals surface area contributed by atoms with Gasteiger partial charge in [-0.3, -0.25) is 9.78 Å². The number of benzene rings is 1. The van der Waals surface area contributed by atoms with Crippen molar-refractivity contribution in [1.82, 2.24) is 9.97 Å². The van der Waals surface area contributed by atoms with Crippen LogP contribution in [0, 0.1) is 17.7 Å². The fourth-order valence-electron chi connectivity index (χ4n) is 1.51. The van der Waals surface area contributed by atoms with Crippen LogP contribution in [-0.4, -0.2) is 22.4 Å². The number of nitrogens with zero attached hydrogens (tertiary/aromatic N) is 2. The molecule has 2 aromatic rings. The highest BCUT2D eigenvalue weighted by molar-refractivity contribution is 6.05. The van der Waals surface area contributed by atoms with Crippen LogP contribution >= 0.6 is 0 Å². The van der Waals surface area contributed by atoms with Crippen molar-refractivity contribution in [3.63, 3.8) is 0 Å². The minimum Gasteiger partial charge on any atom is -0.320 e. The summed E-state index contributed by atoms with van der Waals surface area (Å²) < 4.78 is 13.3. The van der Waals surface area contributed by atoms with Gasteiger partial charge >= 0.3 is 0 Å². The molecule has 0 aliphatic rings. The van der Waals surface area contributed by atoms with Crippen LogP contribution in [0.4, 0.5) is 10.2 Å². The van der Waals surface area contributed by atoms with Gasteiger partial charge in [0.1, 0.15) is 5.82 Å². The predicted molar refractivity (Wildman–Crippen MR) is 72.3 cm³/mol. The summed E-state index contributed by atoms with van der Waals surface area (Å²) in [4.78, 5) is 19.8. The van der Waals surface area contributed by atoms with Crippen LogP contribution in [0.2, 0.25) is 0 Å². The van der Waals surface area contributed by atoms with Crippen molar-refractivity contribution in [2.24, 2.45) is 5.73 Å². The van der Waals surface area contributed by atoms with Crippen molar-refractivity contribution >= 4 is 11.7 Å². The quantitative estimate of drug-likeness (QED) is 0.803. The number of anilines is 1. The predicted octanol–water partition coefficient (Wildman–Crippen LogP) is 1.18. The zero-order chi connectivity index (χ0) is 14.4. The summed E-state index contributed by atoms with van der Waals surface area (Å²) in [5.41, 5.74) is 5.81. The standard InChI is InChI=1S/C14H11FN4O/c15-11-4-3-10(2-1-5-16)12(8-11)14(20)19-13-9-17-6-7-18-13/h3-4,6-9H,5,16H2,(H,18,19,20). The number of nitrogens with two attached hydrogens (primary N) is 1. The van der Waals surface area contributed by atoms with E-state index >= 15 is 0 Å². The molecule has 5 nitrogen and oxygen atoms in total. The van der Waals surface area contributed by atoms with E-state index in [0.29, 0.717) is 5.56 Å². The van der Waals surface area contributed by atoms with E-state index in [4.69, 9.17) is 5.73 Å². The molecule has 0 saturated heterocycles. The fraction of sp³-hybridized carbons (Fsp3) is 0.0714. The van der Waals surface area contributed by atoms with Gasteiger partial charge < -0.3 is 11.1 Å². The Labute approximate surface area is 115 Å². The smallest absolute Gasteiger partial charge is 0.258 e. The van der Waals surface area contributed by atoms with Crippen LogP contribution in [0.15, 0.2) is 36.8 Å². The molecule has 0 atom stereocenters. The van der Waals surface area contributed by atoms with Gasteiger partial charge in [-0.25, -0.2) is 9.37 Å². The number of hydrogen-bond acceptors (Lipinski definition) is 4. The first kappa shape index (κ1) is 13.6. The Kier molecular flexibility index (Phi) is 4.37. The lowest BCUT2D eigenvalue weighted by Gasteiger charge is -2.06. The van der Waals surface area contributed by atoms with E-state index in [1.807, 2.05) is 0 Å². The van der Waals surface area contributed by atoms with Gasteiger partial charge in [0.25, 0.3) is 5.91 Å². The van der Waals surface area contributed by atoms with E-state index < -0.39 is 11.7 Å². The largest absolute Gasteiger partial charge is 0.320 e. The molecular formula is C14H11FN4O. The summed E-state index contributed by atoms with van der Waals surface area (Å²) in [6, 6.07) is 3.79. The molecule has 1 aromatic heterocycles. The average molecular weight is 270 g/mol. The topological polar surface area (TPSA) is 80.9 Å². The monoisotopic (exact) mass is 270 g/mol. The number of hydrogen-bond donors (Lipinski definition) is 2. The van der Waals surface area contributed by atoms with Crippen molar-refractivity contribution in [2.75, 3.05) is 11.9 Å². The van der Waals surface area contributed by atoms with Gasteiger partial charge in [-0.2, -0.15) is 0 Å². The van der Waals surface area contributed by atoms with Crippen LogP contribution in [0.3, 0.4) is 0 Å². The second-order valence-electron chi connectivity index (χ2n) is 3.74. The molecular weight excluding hydrogens is 259 g/mol. The Morgan fingerprint density at radius 3 is 2.95 bits per heavy atom. The lowest BCUT2D eigenvalue weighted by atomic mass is 10.1. The highest BCUT2D eigenvalue weighted by atomic mass is 19.1. The lowest BCUT2D eigenvalue weighted by Crippen LogP contribution is -2.15. The van der Waals surface area contributed by atoms with Crippen molar-refractivity contribution < 1.29 is 9.18 Å². The van der Waals surface area contributed by atoms with Crippen molar-refractivity contribution in [2.45, 2.75) is 0 Å². The summed E-state index contributed by atoms with van der Waals surface area (Å²) in [5, 5.41) is 2.52. The molecule has 1 amide bonds. The highest BCUT2D eigenvalue weighted by Gasteiger charge is 2.12. The SMILES string of the molecule is NCC#Cc1ccc(F)cc1C(=O)Nc1cnccn1. The molecule has 0 aliphatic carbocycles. The van der Waals surface area contributed by atoms with Gasteiger partial charge in [0, 0.05) is 18.0 Å². The minimum absolute atomic E-state index is 0.122. The van der Waals surface area contributed by atoms with Gasteiger partial charge in [0.2, 0.25) is 0 Å². The number of carbonyl (C=O) groups excluding carboxylic acids is 1. The van der Waals surface area contributed by atoms with Gasteiger partial charge in [-0.15, -0.1) is 0 Å². The number of halogens is 1. The molecule has 0 fully saturated rings. The van der Waals surface area contributed by atoms with Crippen LogP contribution in [0.25, 0.3) is 0 Å². The van der Waals surface area contributed by atoms with Crippen LogP contribution < -0.4 is 11.1 Å². The molecule has 0 bridgehead atoms. The molecule has 0 aliphatic heterocycles. The van der Waals surface area contributed by atoms with Crippen molar-refractivity contribution in [3.8, 4) is 11.8 Å². The Morgan fingerprint density at radius 1 is 1.40 bits per heavy atom. The van der Waals surface area contributed by atoms with Crippen LogP contribution in [-0.2, 0) is 0 Å². The summed E-state index contributed by atoms with van der Waals surface area (Å²) in [6.07, 6.45) is 4.31. The summed E-state index contributed by atoms with van der Waals surface area (Å²) in [6.45, 7) is 0.155. The van der Waals surface area contributed by atoms with Gasteiger partial charge in [0.15, 0.2) is 5.82 Å². The Balaban J connectivity index is 2.31. The number of nitrogens with one attached hydrogen (secondary N) is 1. The van der Waals surface area contributed by atoms with E-state index in [1.165, 1.54) is 30.7 Å². The van der Waals surface area contributed by atoms with E-state index in [1.54, 1.807) is 0 Å². The molecule has 6 heteroatoms. The molecule has 20 heavy (non-hydrogen) atoms. The zero-order valence-electron chi connectivity index (χ0n) is 10.4. The first-order chi connectivity index (χ1) is 9.70. The Bertz CT molecular complexity index is 677. The molecule has 0 spiro atoms. The van der Waals surface area contributed by atoms with Crippen molar-refractivity contribution in [3.05, 3.63) is 53.7 Å². The molecule has 1 aromatic carbocycles. The third-order valence-corrected chi connectivity index (χ3v) is 2.36. The maximum absolute atomic E-state index is 13.3. The minimum atomic E-state index is -0.521. The molecule has 100 valence electrons. The van der Waals surface area contributed by atoms with Gasteiger partial charge in [-0.05, 0) is 18.2 Å². The van der Waals surface area contributed by atoms with Gasteiger partial charge in [0.05, 0.1) is 18.3 Å². The number of rotatable bonds is 2. The summed E-state index contributed by atoms with van der Waals surface area (Å²) in [5.74, 6) is 4.61. The highest BCUT2D eigenvalue weighted by Crippen LogP contribution is 2.12. The molecule has 1 heterocycles. The van der Waals surface area contributed by atoms with E-state index in [9.17, 15) is 9.18 Å². The third kappa shape index (κ3) is 3.37. The third-order valence-electron chi connectivity index (χ3n) is 2.36. The van der Waals surface area contributed by atoms with Crippen molar-refractivity contribution in [1.29, 1.82) is 0 Å². The van der Waals surface area contributed by atoms with E-state index in [-0.39, 0.29) is 17.9 Å². The Morgan fingerprint density at radius 2 is 2.25 bits per heavy atom. The average Bonchev–Trinajstić information content (AvgIpc) is 2.47. The molecule has 3 N–H and O–H groups in total.